The molecule has 7 nitrogen and oxygen atoms in total. The van der Waals surface area contributed by atoms with Crippen molar-refractivity contribution < 1.29 is 22.7 Å². The molecule has 8 heteroatoms. The van der Waals surface area contributed by atoms with Crippen molar-refractivity contribution in [2.45, 2.75) is 26.4 Å². The zero-order chi connectivity index (χ0) is 16.3. The number of benzene rings is 1. The van der Waals surface area contributed by atoms with E-state index in [-0.39, 0.29) is 25.2 Å². The lowest BCUT2D eigenvalue weighted by Crippen LogP contribution is -2.49. The van der Waals surface area contributed by atoms with Crippen LogP contribution in [0.2, 0.25) is 0 Å². The monoisotopic (exact) mass is 328 g/mol. The molecule has 122 valence electrons. The van der Waals surface area contributed by atoms with Crippen LogP contribution in [0.15, 0.2) is 18.2 Å². The lowest BCUT2D eigenvalue weighted by molar-refractivity contribution is -0.123. The molecule has 0 aromatic heterocycles. The van der Waals surface area contributed by atoms with Crippen LogP contribution in [-0.4, -0.2) is 33.4 Å². The Labute approximate surface area is 130 Å². The minimum absolute atomic E-state index is 0.161. The molecule has 0 fully saturated rings. The van der Waals surface area contributed by atoms with Gasteiger partial charge in [0.25, 0.3) is 0 Å². The molecular weight excluding hydrogens is 308 g/mol. The zero-order valence-electron chi connectivity index (χ0n) is 12.8. The molecule has 1 atom stereocenters. The van der Waals surface area contributed by atoms with E-state index < -0.39 is 16.1 Å². The molecular formula is C14H20N2O5S. The number of hydrogen-bond acceptors (Lipinski definition) is 5. The summed E-state index contributed by atoms with van der Waals surface area (Å²) in [4.78, 5) is 12.2. The fraction of sp³-hybridized carbons (Fsp3) is 0.500. The van der Waals surface area contributed by atoms with Gasteiger partial charge in [0.05, 0.1) is 6.26 Å². The van der Waals surface area contributed by atoms with E-state index >= 15 is 0 Å². The summed E-state index contributed by atoms with van der Waals surface area (Å²) in [6, 6.07) is 4.58. The standard InChI is InChI=1S/C14H20N2O5S/c1-9(2)13(16-22(3,18)19)14(17)15-7-10-4-5-11-12(6-10)21-8-20-11/h4-6,9,13,16H,7-8H2,1-3H3,(H,15,17)/t13-/m1/s1. The topological polar surface area (TPSA) is 93.7 Å². The van der Waals surface area contributed by atoms with Gasteiger partial charge >= 0.3 is 0 Å². The van der Waals surface area contributed by atoms with Crippen LogP contribution >= 0.6 is 0 Å². The molecule has 0 aliphatic carbocycles. The Morgan fingerprint density at radius 3 is 2.59 bits per heavy atom. The largest absolute Gasteiger partial charge is 0.454 e. The van der Waals surface area contributed by atoms with Crippen LogP contribution in [0.5, 0.6) is 11.5 Å². The van der Waals surface area contributed by atoms with Crippen LogP contribution in [-0.2, 0) is 21.4 Å². The van der Waals surface area contributed by atoms with Gasteiger partial charge in [-0.2, -0.15) is 0 Å². The molecule has 0 unspecified atom stereocenters. The second-order valence-corrected chi connectivity index (χ2v) is 7.30. The van der Waals surface area contributed by atoms with Crippen LogP contribution in [0.4, 0.5) is 0 Å². The Kier molecular flexibility index (Phi) is 4.92. The van der Waals surface area contributed by atoms with Gasteiger partial charge in [0, 0.05) is 6.54 Å². The van der Waals surface area contributed by atoms with E-state index in [9.17, 15) is 13.2 Å². The van der Waals surface area contributed by atoms with E-state index in [0.717, 1.165) is 11.8 Å². The minimum Gasteiger partial charge on any atom is -0.454 e. The van der Waals surface area contributed by atoms with Gasteiger partial charge in [-0.05, 0) is 23.6 Å². The maximum Gasteiger partial charge on any atom is 0.238 e. The van der Waals surface area contributed by atoms with Crippen molar-refractivity contribution in [3.05, 3.63) is 23.8 Å². The smallest absolute Gasteiger partial charge is 0.238 e. The molecule has 0 saturated carbocycles. The fourth-order valence-electron chi connectivity index (χ4n) is 2.07. The van der Waals surface area contributed by atoms with Crippen molar-refractivity contribution in [2.24, 2.45) is 5.92 Å². The highest BCUT2D eigenvalue weighted by Gasteiger charge is 2.25. The first-order valence-corrected chi connectivity index (χ1v) is 8.79. The Morgan fingerprint density at radius 1 is 1.27 bits per heavy atom. The third-order valence-electron chi connectivity index (χ3n) is 3.19. The fourth-order valence-corrected chi connectivity index (χ4v) is 2.91. The van der Waals surface area contributed by atoms with Gasteiger partial charge in [-0.25, -0.2) is 13.1 Å². The van der Waals surface area contributed by atoms with Crippen LogP contribution in [0, 0.1) is 5.92 Å². The van der Waals surface area contributed by atoms with Crippen molar-refractivity contribution in [3.63, 3.8) is 0 Å². The van der Waals surface area contributed by atoms with Gasteiger partial charge in [-0.15, -0.1) is 0 Å². The maximum absolute atomic E-state index is 12.2. The van der Waals surface area contributed by atoms with Crippen molar-refractivity contribution in [1.82, 2.24) is 10.0 Å². The van der Waals surface area contributed by atoms with Crippen LogP contribution in [0.1, 0.15) is 19.4 Å². The molecule has 1 aliphatic heterocycles. The molecule has 1 aliphatic rings. The first kappa shape index (κ1) is 16.6. The number of fused-ring (bicyclic) bond motifs is 1. The number of carbonyl (C=O) groups is 1. The summed E-state index contributed by atoms with van der Waals surface area (Å²) in [6.45, 7) is 4.04. The molecule has 2 rings (SSSR count). The predicted molar refractivity (Wildman–Crippen MR) is 81.0 cm³/mol. The van der Waals surface area contributed by atoms with E-state index in [1.54, 1.807) is 26.0 Å². The summed E-state index contributed by atoms with van der Waals surface area (Å²) < 4.78 is 35.5. The number of ether oxygens (including phenoxy) is 2. The Balaban J connectivity index is 1.98. The number of sulfonamides is 1. The summed E-state index contributed by atoms with van der Waals surface area (Å²) >= 11 is 0. The SMILES string of the molecule is CC(C)[C@@H](NS(C)(=O)=O)C(=O)NCc1ccc2c(c1)OCO2. The van der Waals surface area contributed by atoms with Gasteiger partial charge in [-0.3, -0.25) is 4.79 Å². The minimum atomic E-state index is -3.45. The Bertz CT molecular complexity index is 657. The highest BCUT2D eigenvalue weighted by Crippen LogP contribution is 2.32. The lowest BCUT2D eigenvalue weighted by atomic mass is 10.0. The van der Waals surface area contributed by atoms with Crippen molar-refractivity contribution in [1.29, 1.82) is 0 Å². The van der Waals surface area contributed by atoms with Crippen LogP contribution in [0.3, 0.4) is 0 Å². The molecule has 22 heavy (non-hydrogen) atoms. The lowest BCUT2D eigenvalue weighted by Gasteiger charge is -2.20. The molecule has 2 N–H and O–H groups in total. The highest BCUT2D eigenvalue weighted by molar-refractivity contribution is 7.88. The van der Waals surface area contributed by atoms with E-state index in [1.807, 2.05) is 6.07 Å². The summed E-state index contributed by atoms with van der Waals surface area (Å²) in [6.07, 6.45) is 1.04. The maximum atomic E-state index is 12.2. The predicted octanol–water partition coefficient (Wildman–Crippen LogP) is 0.605. The number of hydrogen-bond donors (Lipinski definition) is 2. The second kappa shape index (κ2) is 6.53. The molecule has 0 radical (unpaired) electrons. The molecule has 1 amide bonds. The molecule has 0 spiro atoms. The third-order valence-corrected chi connectivity index (χ3v) is 3.88. The van der Waals surface area contributed by atoms with Gasteiger partial charge in [0.15, 0.2) is 11.5 Å². The Morgan fingerprint density at radius 2 is 1.95 bits per heavy atom. The molecule has 1 aromatic rings. The van der Waals surface area contributed by atoms with Crippen molar-refractivity contribution in [2.75, 3.05) is 13.0 Å². The van der Waals surface area contributed by atoms with Gasteiger partial charge in [-0.1, -0.05) is 19.9 Å². The molecule has 1 aromatic carbocycles. The highest BCUT2D eigenvalue weighted by atomic mass is 32.2. The van der Waals surface area contributed by atoms with Crippen molar-refractivity contribution >= 4 is 15.9 Å². The summed E-state index contributed by atoms with van der Waals surface area (Å²) in [7, 11) is -3.45. The van der Waals surface area contributed by atoms with E-state index in [2.05, 4.69) is 10.0 Å². The third kappa shape index (κ3) is 4.35. The van der Waals surface area contributed by atoms with Crippen LogP contribution < -0.4 is 19.5 Å². The summed E-state index contributed by atoms with van der Waals surface area (Å²) in [5, 5.41) is 2.73. The molecule has 1 heterocycles. The normalized spacial score (nSPS) is 14.9. The second-order valence-electron chi connectivity index (χ2n) is 5.52. The van der Waals surface area contributed by atoms with E-state index in [0.29, 0.717) is 11.5 Å². The number of nitrogens with one attached hydrogen (secondary N) is 2. The van der Waals surface area contributed by atoms with E-state index in [4.69, 9.17) is 9.47 Å². The zero-order valence-corrected chi connectivity index (χ0v) is 13.6. The molecule has 0 saturated heterocycles. The first-order valence-electron chi connectivity index (χ1n) is 6.90. The number of carbonyl (C=O) groups excluding carboxylic acids is 1. The van der Waals surface area contributed by atoms with Gasteiger partial charge in [0.2, 0.25) is 22.7 Å². The quantitative estimate of drug-likeness (QED) is 0.798. The number of amides is 1. The number of rotatable bonds is 6. The first-order chi connectivity index (χ1) is 10.3. The Hall–Kier alpha value is -1.80. The van der Waals surface area contributed by atoms with Crippen LogP contribution in [0.25, 0.3) is 0 Å². The molecule has 0 bridgehead atoms. The summed E-state index contributed by atoms with van der Waals surface area (Å²) in [5.41, 5.74) is 0.847. The van der Waals surface area contributed by atoms with E-state index in [1.165, 1.54) is 0 Å². The van der Waals surface area contributed by atoms with Gasteiger partial charge in [0.1, 0.15) is 6.04 Å². The van der Waals surface area contributed by atoms with Gasteiger partial charge < -0.3 is 14.8 Å². The average molecular weight is 328 g/mol. The summed E-state index contributed by atoms with van der Waals surface area (Å²) in [5.74, 6) is 0.792. The van der Waals surface area contributed by atoms with Crippen molar-refractivity contribution in [3.8, 4) is 11.5 Å². The average Bonchev–Trinajstić information content (AvgIpc) is 2.88.